The summed E-state index contributed by atoms with van der Waals surface area (Å²) in [6, 6.07) is 11.2. The van der Waals surface area contributed by atoms with Gasteiger partial charge in [-0.05, 0) is 37.3 Å². The van der Waals surface area contributed by atoms with Gasteiger partial charge in [0, 0.05) is 7.05 Å². The lowest BCUT2D eigenvalue weighted by Crippen LogP contribution is -2.13. The SMILES string of the molecule is Cc1ccc(S(=O)(=O)Nc2ccc3oc(=O)n(C)c3c2)cc1. The highest BCUT2D eigenvalue weighted by Gasteiger charge is 2.15. The van der Waals surface area contributed by atoms with Crippen molar-refractivity contribution < 1.29 is 12.8 Å². The fourth-order valence-corrected chi connectivity index (χ4v) is 3.17. The summed E-state index contributed by atoms with van der Waals surface area (Å²) >= 11 is 0. The molecule has 1 aromatic heterocycles. The maximum absolute atomic E-state index is 12.3. The molecular formula is C15H14N2O4S. The Balaban J connectivity index is 2.00. The van der Waals surface area contributed by atoms with Gasteiger partial charge in [0.25, 0.3) is 10.0 Å². The molecule has 6 nitrogen and oxygen atoms in total. The van der Waals surface area contributed by atoms with Crippen molar-refractivity contribution in [2.24, 2.45) is 7.05 Å². The lowest BCUT2D eigenvalue weighted by Gasteiger charge is -2.08. The first-order chi connectivity index (χ1) is 10.4. The minimum absolute atomic E-state index is 0.180. The summed E-state index contributed by atoms with van der Waals surface area (Å²) in [4.78, 5) is 11.6. The molecule has 0 bridgehead atoms. The molecule has 1 heterocycles. The molecule has 7 heteroatoms. The Morgan fingerprint density at radius 2 is 1.77 bits per heavy atom. The summed E-state index contributed by atoms with van der Waals surface area (Å²) in [5.41, 5.74) is 2.28. The molecule has 3 aromatic rings. The second kappa shape index (κ2) is 5.03. The molecule has 2 aromatic carbocycles. The first-order valence-electron chi connectivity index (χ1n) is 6.56. The molecule has 0 atom stereocenters. The predicted octanol–water partition coefficient (Wildman–Crippen LogP) is 2.24. The van der Waals surface area contributed by atoms with Gasteiger partial charge in [-0.1, -0.05) is 17.7 Å². The molecule has 1 N–H and O–H groups in total. The van der Waals surface area contributed by atoms with E-state index < -0.39 is 15.8 Å². The quantitative estimate of drug-likeness (QED) is 0.803. The van der Waals surface area contributed by atoms with Crippen LogP contribution < -0.4 is 10.5 Å². The number of aryl methyl sites for hydroxylation is 2. The molecule has 0 aliphatic carbocycles. The minimum Gasteiger partial charge on any atom is -0.408 e. The maximum Gasteiger partial charge on any atom is 0.419 e. The van der Waals surface area contributed by atoms with E-state index >= 15 is 0 Å². The smallest absolute Gasteiger partial charge is 0.408 e. The second-order valence-electron chi connectivity index (χ2n) is 5.03. The predicted molar refractivity (Wildman–Crippen MR) is 83.4 cm³/mol. The number of aromatic nitrogens is 1. The number of sulfonamides is 1. The number of rotatable bonds is 3. The first kappa shape index (κ1) is 14.4. The van der Waals surface area contributed by atoms with Gasteiger partial charge >= 0.3 is 5.76 Å². The van der Waals surface area contributed by atoms with Crippen molar-refractivity contribution in [1.29, 1.82) is 0 Å². The highest BCUT2D eigenvalue weighted by molar-refractivity contribution is 7.92. The Labute approximate surface area is 127 Å². The van der Waals surface area contributed by atoms with Crippen molar-refractivity contribution in [3.05, 3.63) is 58.6 Å². The molecule has 0 spiro atoms. The molecule has 0 saturated heterocycles. The van der Waals surface area contributed by atoms with E-state index in [1.807, 2.05) is 6.92 Å². The van der Waals surface area contributed by atoms with Crippen molar-refractivity contribution in [1.82, 2.24) is 4.57 Å². The van der Waals surface area contributed by atoms with Gasteiger partial charge in [0.1, 0.15) is 0 Å². The number of oxazole rings is 1. The van der Waals surface area contributed by atoms with E-state index in [1.165, 1.54) is 4.57 Å². The number of hydrogen-bond acceptors (Lipinski definition) is 4. The molecule has 0 aliphatic heterocycles. The summed E-state index contributed by atoms with van der Waals surface area (Å²) in [5, 5.41) is 0. The van der Waals surface area contributed by atoms with Gasteiger partial charge in [0.2, 0.25) is 0 Å². The Hall–Kier alpha value is -2.54. The first-order valence-corrected chi connectivity index (χ1v) is 8.04. The molecule has 0 unspecified atom stereocenters. The monoisotopic (exact) mass is 318 g/mol. The van der Waals surface area contributed by atoms with E-state index in [9.17, 15) is 13.2 Å². The van der Waals surface area contributed by atoms with Crippen molar-refractivity contribution in [3.8, 4) is 0 Å². The molecule has 3 rings (SSSR count). The molecule has 0 aliphatic rings. The van der Waals surface area contributed by atoms with Crippen LogP contribution in [-0.4, -0.2) is 13.0 Å². The number of nitrogens with one attached hydrogen (secondary N) is 1. The van der Waals surface area contributed by atoms with Gasteiger partial charge in [-0.2, -0.15) is 0 Å². The van der Waals surface area contributed by atoms with Crippen LogP contribution in [0.1, 0.15) is 5.56 Å². The van der Waals surface area contributed by atoms with Crippen LogP contribution in [0.2, 0.25) is 0 Å². The number of anilines is 1. The van der Waals surface area contributed by atoms with Gasteiger partial charge < -0.3 is 4.42 Å². The Bertz CT molecular complexity index is 998. The van der Waals surface area contributed by atoms with Gasteiger partial charge in [0.15, 0.2) is 5.58 Å². The van der Waals surface area contributed by atoms with Gasteiger partial charge in [0.05, 0.1) is 16.1 Å². The molecule has 22 heavy (non-hydrogen) atoms. The standard InChI is InChI=1S/C15H14N2O4S/c1-10-3-6-12(7-4-10)22(19,20)16-11-5-8-14-13(9-11)17(2)15(18)21-14/h3-9,16H,1-2H3. The van der Waals surface area contributed by atoms with Crippen LogP contribution >= 0.6 is 0 Å². The number of benzene rings is 2. The summed E-state index contributed by atoms with van der Waals surface area (Å²) in [7, 11) is -2.11. The van der Waals surface area contributed by atoms with E-state index in [-0.39, 0.29) is 4.90 Å². The third kappa shape index (κ3) is 2.50. The lowest BCUT2D eigenvalue weighted by atomic mass is 10.2. The topological polar surface area (TPSA) is 81.3 Å². The molecule has 0 saturated carbocycles. The van der Waals surface area contributed by atoms with Crippen LogP contribution in [0.15, 0.2) is 56.6 Å². The number of nitrogens with zero attached hydrogens (tertiary/aromatic N) is 1. The summed E-state index contributed by atoms with van der Waals surface area (Å²) in [6.07, 6.45) is 0. The van der Waals surface area contributed by atoms with Gasteiger partial charge in [-0.3, -0.25) is 9.29 Å². The normalized spacial score (nSPS) is 11.7. The zero-order valence-electron chi connectivity index (χ0n) is 12.0. The minimum atomic E-state index is -3.67. The fourth-order valence-electron chi connectivity index (χ4n) is 2.12. The van der Waals surface area contributed by atoms with E-state index in [1.54, 1.807) is 49.5 Å². The average molecular weight is 318 g/mol. The van der Waals surface area contributed by atoms with Crippen LogP contribution in [-0.2, 0) is 17.1 Å². The number of hydrogen-bond donors (Lipinski definition) is 1. The Morgan fingerprint density at radius 3 is 2.45 bits per heavy atom. The Morgan fingerprint density at radius 1 is 1.09 bits per heavy atom. The summed E-state index contributed by atoms with van der Waals surface area (Å²) in [5.74, 6) is -0.492. The summed E-state index contributed by atoms with van der Waals surface area (Å²) in [6.45, 7) is 1.89. The molecule has 0 fully saturated rings. The van der Waals surface area contributed by atoms with Crippen LogP contribution in [0.4, 0.5) is 5.69 Å². The van der Waals surface area contributed by atoms with E-state index in [4.69, 9.17) is 4.42 Å². The van der Waals surface area contributed by atoms with Gasteiger partial charge in [-0.25, -0.2) is 13.2 Å². The van der Waals surface area contributed by atoms with Crippen molar-refractivity contribution >= 4 is 26.8 Å². The number of fused-ring (bicyclic) bond motifs is 1. The average Bonchev–Trinajstić information content (AvgIpc) is 2.74. The molecule has 0 amide bonds. The largest absolute Gasteiger partial charge is 0.419 e. The zero-order valence-corrected chi connectivity index (χ0v) is 12.8. The van der Waals surface area contributed by atoms with Crippen LogP contribution in [0.3, 0.4) is 0 Å². The molecule has 0 radical (unpaired) electrons. The highest BCUT2D eigenvalue weighted by atomic mass is 32.2. The van der Waals surface area contributed by atoms with Crippen LogP contribution in [0.25, 0.3) is 11.1 Å². The second-order valence-corrected chi connectivity index (χ2v) is 6.71. The van der Waals surface area contributed by atoms with E-state index in [0.717, 1.165) is 5.56 Å². The Kier molecular flexibility index (Phi) is 3.29. The molecule has 114 valence electrons. The van der Waals surface area contributed by atoms with E-state index in [2.05, 4.69) is 4.72 Å². The third-order valence-electron chi connectivity index (χ3n) is 3.37. The van der Waals surface area contributed by atoms with Crippen LogP contribution in [0, 0.1) is 6.92 Å². The van der Waals surface area contributed by atoms with E-state index in [0.29, 0.717) is 16.8 Å². The van der Waals surface area contributed by atoms with Crippen LogP contribution in [0.5, 0.6) is 0 Å². The maximum atomic E-state index is 12.3. The van der Waals surface area contributed by atoms with Gasteiger partial charge in [-0.15, -0.1) is 0 Å². The fraction of sp³-hybridized carbons (Fsp3) is 0.133. The van der Waals surface area contributed by atoms with Crippen molar-refractivity contribution in [2.45, 2.75) is 11.8 Å². The third-order valence-corrected chi connectivity index (χ3v) is 4.77. The summed E-state index contributed by atoms with van der Waals surface area (Å²) < 4.78 is 33.5. The zero-order chi connectivity index (χ0) is 15.9. The van der Waals surface area contributed by atoms with Crippen molar-refractivity contribution in [3.63, 3.8) is 0 Å². The highest BCUT2D eigenvalue weighted by Crippen LogP contribution is 2.21. The lowest BCUT2D eigenvalue weighted by molar-refractivity contribution is 0.528. The molecular weight excluding hydrogens is 304 g/mol. The van der Waals surface area contributed by atoms with Crippen molar-refractivity contribution in [2.75, 3.05) is 4.72 Å².